The maximum absolute atomic E-state index is 12.7. The number of hydrogen-bond donors (Lipinski definition) is 0. The highest BCUT2D eigenvalue weighted by atomic mass is 32.3. The lowest BCUT2D eigenvalue weighted by atomic mass is 10.7. The Bertz CT molecular complexity index is 452. The van der Waals surface area contributed by atoms with Crippen LogP contribution in [-0.2, 0) is 29.6 Å². The molecule has 0 radical (unpaired) electrons. The monoisotopic (exact) mass is 266 g/mol. The number of rotatable bonds is 4. The van der Waals surface area contributed by atoms with Crippen molar-refractivity contribution in [3.8, 4) is 0 Å². The summed E-state index contributed by atoms with van der Waals surface area (Å²) in [5, 5.41) is -5.02. The molecule has 11 heteroatoms. The molecule has 0 N–H and O–H groups in total. The normalized spacial score (nSPS) is 13.6. The second-order valence-corrected chi connectivity index (χ2v) is 5.82. The van der Waals surface area contributed by atoms with Crippen LogP contribution in [-0.4, -0.2) is 41.4 Å². The standard InChI is InChI=1S/C4H6F2NO6S2/c1-13-3(8)4(5,6)15(11,12)7-14(2,9)10/h1-2H3/q-1. The highest BCUT2D eigenvalue weighted by Crippen LogP contribution is 2.29. The quantitative estimate of drug-likeness (QED) is 0.629. The summed E-state index contributed by atoms with van der Waals surface area (Å²) in [4.78, 5) is 10.4. The molecule has 0 saturated carbocycles. The van der Waals surface area contributed by atoms with E-state index in [1.54, 1.807) is 0 Å². The van der Waals surface area contributed by atoms with Crippen molar-refractivity contribution in [2.45, 2.75) is 5.25 Å². The van der Waals surface area contributed by atoms with Gasteiger partial charge in [-0.25, -0.2) is 21.6 Å². The van der Waals surface area contributed by atoms with Gasteiger partial charge in [0, 0.05) is 6.26 Å². The number of ether oxygens (including phenoxy) is 1. The number of carbonyl (C=O) groups is 1. The summed E-state index contributed by atoms with van der Waals surface area (Å²) in [6.07, 6.45) is 0.290. The summed E-state index contributed by atoms with van der Waals surface area (Å²) < 4.78 is 72.9. The van der Waals surface area contributed by atoms with Crippen LogP contribution >= 0.6 is 0 Å². The van der Waals surface area contributed by atoms with E-state index in [0.29, 0.717) is 7.11 Å². The number of hydrogen-bond acceptors (Lipinski definition) is 6. The van der Waals surface area contributed by atoms with Crippen molar-refractivity contribution in [1.29, 1.82) is 0 Å². The molecule has 0 fully saturated rings. The van der Waals surface area contributed by atoms with Crippen LogP contribution in [0, 0.1) is 0 Å². The molecule has 0 rings (SSSR count). The largest absolute Gasteiger partial charge is 0.464 e. The lowest BCUT2D eigenvalue weighted by Gasteiger charge is -2.23. The summed E-state index contributed by atoms with van der Waals surface area (Å²) in [7, 11) is -9.84. The molecule has 0 aliphatic heterocycles. The first kappa shape index (κ1) is 14.2. The highest BCUT2D eigenvalue weighted by molar-refractivity contribution is 8.12. The molecule has 90 valence electrons. The van der Waals surface area contributed by atoms with Gasteiger partial charge in [-0.3, -0.25) is 0 Å². The molecule has 15 heavy (non-hydrogen) atoms. The maximum atomic E-state index is 12.7. The van der Waals surface area contributed by atoms with Crippen LogP contribution in [0.4, 0.5) is 8.78 Å². The van der Waals surface area contributed by atoms with Gasteiger partial charge in [0.15, 0.2) is 10.0 Å². The fraction of sp³-hybridized carbons (Fsp3) is 0.750. The molecule has 0 unspecified atom stereocenters. The van der Waals surface area contributed by atoms with Gasteiger partial charge in [0.2, 0.25) is 0 Å². The van der Waals surface area contributed by atoms with E-state index in [1.165, 1.54) is 0 Å². The van der Waals surface area contributed by atoms with Crippen LogP contribution in [0.3, 0.4) is 0 Å². The van der Waals surface area contributed by atoms with E-state index in [0.717, 1.165) is 0 Å². The van der Waals surface area contributed by atoms with Crippen LogP contribution < -0.4 is 0 Å². The zero-order valence-electron chi connectivity index (χ0n) is 7.47. The van der Waals surface area contributed by atoms with Crippen LogP contribution in [0.1, 0.15) is 0 Å². The van der Waals surface area contributed by atoms with Crippen LogP contribution in [0.5, 0.6) is 0 Å². The molecular formula is C4H6F2NO6S2-. The molecule has 0 aromatic rings. The fourth-order valence-corrected chi connectivity index (χ4v) is 2.54. The SMILES string of the molecule is COC(=O)C(F)(F)S(=O)(=O)[N-]S(C)(=O)=O. The van der Waals surface area contributed by atoms with Crippen molar-refractivity contribution in [3.63, 3.8) is 0 Å². The number of carbonyl (C=O) groups excluding carboxylic acids is 1. The summed E-state index contributed by atoms with van der Waals surface area (Å²) in [6.45, 7) is 0. The van der Waals surface area contributed by atoms with E-state index >= 15 is 0 Å². The number of methoxy groups -OCH3 is 1. The average Bonchev–Trinajstić information content (AvgIpc) is 1.97. The Morgan fingerprint density at radius 2 is 1.67 bits per heavy atom. The van der Waals surface area contributed by atoms with E-state index in [1.807, 2.05) is 4.13 Å². The molecule has 0 aliphatic rings. The first-order valence-electron chi connectivity index (χ1n) is 3.09. The molecule has 0 aliphatic carbocycles. The van der Waals surface area contributed by atoms with Gasteiger partial charge in [-0.15, -0.1) is 0 Å². The van der Waals surface area contributed by atoms with Gasteiger partial charge in [-0.2, -0.15) is 8.78 Å². The predicted octanol–water partition coefficient (Wildman–Crippen LogP) is -0.585. The Kier molecular flexibility index (Phi) is 3.77. The van der Waals surface area contributed by atoms with Crippen molar-refractivity contribution < 1.29 is 35.1 Å². The molecule has 0 spiro atoms. The second kappa shape index (κ2) is 3.98. The molecular weight excluding hydrogens is 260 g/mol. The molecule has 7 nitrogen and oxygen atoms in total. The summed E-state index contributed by atoms with van der Waals surface area (Å²) in [5.41, 5.74) is 0. The Labute approximate surface area is 84.5 Å². The number of alkyl halides is 2. The molecule has 0 aromatic heterocycles. The van der Waals surface area contributed by atoms with E-state index in [-0.39, 0.29) is 6.26 Å². The first-order valence-corrected chi connectivity index (χ1v) is 6.38. The minimum atomic E-state index is -5.80. The third-order valence-corrected chi connectivity index (χ3v) is 3.66. The number of halogens is 2. The lowest BCUT2D eigenvalue weighted by molar-refractivity contribution is -0.157. The number of sulfonamides is 2. The molecule has 0 atom stereocenters. The Morgan fingerprint density at radius 3 is 1.93 bits per heavy atom. The fourth-order valence-electron chi connectivity index (χ4n) is 0.449. The van der Waals surface area contributed by atoms with Crippen LogP contribution in [0.15, 0.2) is 0 Å². The topological polar surface area (TPSA) is 109 Å². The Morgan fingerprint density at radius 1 is 1.27 bits per heavy atom. The third-order valence-electron chi connectivity index (χ3n) is 0.981. The van der Waals surface area contributed by atoms with Crippen molar-refractivity contribution in [3.05, 3.63) is 4.13 Å². The van der Waals surface area contributed by atoms with Crippen molar-refractivity contribution in [2.24, 2.45) is 0 Å². The maximum Gasteiger partial charge on any atom is 0.424 e. The summed E-state index contributed by atoms with van der Waals surface area (Å²) >= 11 is 0. The summed E-state index contributed by atoms with van der Waals surface area (Å²) in [6, 6.07) is 0. The molecule has 0 saturated heterocycles. The van der Waals surface area contributed by atoms with E-state index in [2.05, 4.69) is 4.74 Å². The number of esters is 1. The summed E-state index contributed by atoms with van der Waals surface area (Å²) in [5.74, 6) is -2.41. The van der Waals surface area contributed by atoms with Gasteiger partial charge in [-0.1, -0.05) is 0 Å². The van der Waals surface area contributed by atoms with Crippen molar-refractivity contribution in [2.75, 3.05) is 13.4 Å². The minimum Gasteiger partial charge on any atom is -0.464 e. The molecule has 0 heterocycles. The van der Waals surface area contributed by atoms with Crippen molar-refractivity contribution >= 4 is 26.0 Å². The highest BCUT2D eigenvalue weighted by Gasteiger charge is 2.49. The van der Waals surface area contributed by atoms with Crippen LogP contribution in [0.2, 0.25) is 0 Å². The first-order chi connectivity index (χ1) is 6.44. The van der Waals surface area contributed by atoms with Gasteiger partial charge >= 0.3 is 11.2 Å². The van der Waals surface area contributed by atoms with Crippen LogP contribution in [0.25, 0.3) is 4.13 Å². The predicted molar refractivity (Wildman–Crippen MR) is 44.1 cm³/mol. The van der Waals surface area contributed by atoms with Gasteiger partial charge in [0.05, 0.1) is 17.1 Å². The smallest absolute Gasteiger partial charge is 0.424 e. The molecule has 0 bridgehead atoms. The zero-order chi connectivity index (χ0) is 12.5. The van der Waals surface area contributed by atoms with Crippen molar-refractivity contribution in [1.82, 2.24) is 0 Å². The molecule has 0 aromatic carbocycles. The van der Waals surface area contributed by atoms with Gasteiger partial charge < -0.3 is 8.86 Å². The van der Waals surface area contributed by atoms with E-state index in [9.17, 15) is 30.4 Å². The lowest BCUT2D eigenvalue weighted by Crippen LogP contribution is -2.38. The average molecular weight is 266 g/mol. The van der Waals surface area contributed by atoms with Gasteiger partial charge in [0.1, 0.15) is 0 Å². The Hall–Kier alpha value is -0.810. The van der Waals surface area contributed by atoms with E-state index < -0.39 is 31.3 Å². The second-order valence-electron chi connectivity index (χ2n) is 2.29. The molecule has 0 amide bonds. The van der Waals surface area contributed by atoms with E-state index in [4.69, 9.17) is 0 Å². The third kappa shape index (κ3) is 3.35. The number of nitrogens with zero attached hydrogens (tertiary/aromatic N) is 1. The zero-order valence-corrected chi connectivity index (χ0v) is 9.10. The van der Waals surface area contributed by atoms with Gasteiger partial charge in [0.25, 0.3) is 0 Å². The van der Waals surface area contributed by atoms with Gasteiger partial charge in [-0.05, 0) is 0 Å². The minimum absolute atomic E-state index is 0.290. The Balaban J connectivity index is 5.31.